The van der Waals surface area contributed by atoms with Gasteiger partial charge in [0.2, 0.25) is 0 Å². The Morgan fingerprint density at radius 2 is 2.00 bits per heavy atom. The zero-order valence-corrected chi connectivity index (χ0v) is 18.8. The Bertz CT molecular complexity index is 749. The number of aryl methyl sites for hydroxylation is 2. The maximum Gasteiger partial charge on any atom is 0.118 e. The second-order valence-corrected chi connectivity index (χ2v) is 9.96. The summed E-state index contributed by atoms with van der Waals surface area (Å²) in [5.41, 5.74) is 2.80. The van der Waals surface area contributed by atoms with Crippen LogP contribution in [0.3, 0.4) is 0 Å². The van der Waals surface area contributed by atoms with E-state index in [-0.39, 0.29) is 0 Å². The fourth-order valence-corrected chi connectivity index (χ4v) is 6.03. The van der Waals surface area contributed by atoms with Gasteiger partial charge in [0.1, 0.15) is 10.8 Å². The third-order valence-electron chi connectivity index (χ3n) is 6.34. The molecule has 1 atom stereocenters. The highest BCUT2D eigenvalue weighted by atomic mass is 32.1. The van der Waals surface area contributed by atoms with Crippen LogP contribution >= 0.6 is 11.3 Å². The highest BCUT2D eigenvalue weighted by Gasteiger charge is 2.22. The van der Waals surface area contributed by atoms with Gasteiger partial charge in [-0.15, -0.1) is 11.3 Å². The van der Waals surface area contributed by atoms with Gasteiger partial charge >= 0.3 is 0 Å². The van der Waals surface area contributed by atoms with Gasteiger partial charge in [0.25, 0.3) is 0 Å². The summed E-state index contributed by atoms with van der Waals surface area (Å²) >= 11 is 1.96. The molecule has 0 radical (unpaired) electrons. The minimum atomic E-state index is 0.777. The zero-order valence-electron chi connectivity index (χ0n) is 18.0. The number of likely N-dealkylation sites (tertiary alicyclic amines) is 1. The topological polar surface area (TPSA) is 28.6 Å². The highest BCUT2D eigenvalue weighted by molar-refractivity contribution is 7.11. The molecule has 0 unspecified atom stereocenters. The summed E-state index contributed by atoms with van der Waals surface area (Å²) in [5.74, 6) is 1.72. The van der Waals surface area contributed by atoms with Crippen LogP contribution in [0.15, 0.2) is 24.3 Å². The second kappa shape index (κ2) is 10.1. The van der Waals surface area contributed by atoms with Crippen molar-refractivity contribution < 1.29 is 4.74 Å². The average Bonchev–Trinajstić information content (AvgIpc) is 3.15. The van der Waals surface area contributed by atoms with Gasteiger partial charge in [-0.25, -0.2) is 4.98 Å². The van der Waals surface area contributed by atoms with Crippen LogP contribution in [0.4, 0.5) is 0 Å². The first-order valence-corrected chi connectivity index (χ1v) is 12.0. The Morgan fingerprint density at radius 3 is 2.79 bits per heavy atom. The van der Waals surface area contributed by atoms with E-state index in [2.05, 4.69) is 41.1 Å². The van der Waals surface area contributed by atoms with Gasteiger partial charge < -0.3 is 9.64 Å². The van der Waals surface area contributed by atoms with E-state index in [1.165, 1.54) is 74.4 Å². The summed E-state index contributed by atoms with van der Waals surface area (Å²) < 4.78 is 5.26. The molecule has 2 aliphatic rings. The lowest BCUT2D eigenvalue weighted by Crippen LogP contribution is -2.40. The molecule has 0 N–H and O–H groups in total. The van der Waals surface area contributed by atoms with Crippen molar-refractivity contribution in [1.82, 2.24) is 14.8 Å². The lowest BCUT2D eigenvalue weighted by Gasteiger charge is -2.34. The molecule has 1 aliphatic carbocycles. The molecule has 4 nitrogen and oxygen atoms in total. The first-order chi connectivity index (χ1) is 14.2. The predicted octanol–water partition coefficient (Wildman–Crippen LogP) is 4.42. The van der Waals surface area contributed by atoms with Crippen LogP contribution in [0.2, 0.25) is 0 Å². The Balaban J connectivity index is 1.23. The van der Waals surface area contributed by atoms with E-state index in [4.69, 9.17) is 9.72 Å². The third kappa shape index (κ3) is 5.80. The van der Waals surface area contributed by atoms with Gasteiger partial charge in [-0.2, -0.15) is 0 Å². The van der Waals surface area contributed by atoms with Crippen LogP contribution in [0, 0.1) is 5.92 Å². The fraction of sp³-hybridized carbons (Fsp3) is 0.625. The summed E-state index contributed by atoms with van der Waals surface area (Å²) in [6.07, 6.45) is 8.92. The number of benzene rings is 1. The van der Waals surface area contributed by atoms with Crippen LogP contribution in [0.25, 0.3) is 0 Å². The van der Waals surface area contributed by atoms with Gasteiger partial charge in [0.15, 0.2) is 0 Å². The number of hydrogen-bond donors (Lipinski definition) is 0. The molecule has 1 aliphatic heterocycles. The molecule has 1 aromatic heterocycles. The number of fused-ring (bicyclic) bond motifs is 1. The maximum absolute atomic E-state index is 5.26. The van der Waals surface area contributed by atoms with Crippen molar-refractivity contribution in [3.8, 4) is 5.75 Å². The molecule has 5 heteroatoms. The molecule has 0 bridgehead atoms. The van der Waals surface area contributed by atoms with E-state index < -0.39 is 0 Å². The molecule has 4 rings (SSSR count). The minimum Gasteiger partial charge on any atom is -0.497 e. The lowest BCUT2D eigenvalue weighted by molar-refractivity contribution is 0.142. The summed E-state index contributed by atoms with van der Waals surface area (Å²) in [7, 11) is 4.00. The standard InChI is InChI=1S/C24H35N3OS/c1-26(18-24-25-22-7-3-4-8-23(22)29-24)16-20-6-5-14-27(17-20)15-13-19-9-11-21(28-2)12-10-19/h9-12,20H,3-8,13-18H2,1-2H3/t20-/m0/s1. The van der Waals surface area contributed by atoms with Gasteiger partial charge in [0.05, 0.1) is 19.3 Å². The summed E-state index contributed by atoms with van der Waals surface area (Å²) in [5, 5.41) is 1.33. The van der Waals surface area contributed by atoms with E-state index in [9.17, 15) is 0 Å². The highest BCUT2D eigenvalue weighted by Crippen LogP contribution is 2.27. The van der Waals surface area contributed by atoms with Crippen molar-refractivity contribution >= 4 is 11.3 Å². The van der Waals surface area contributed by atoms with E-state index in [1.54, 1.807) is 12.0 Å². The number of hydrogen-bond acceptors (Lipinski definition) is 5. The summed E-state index contributed by atoms with van der Waals surface area (Å²) in [6.45, 7) is 5.83. The lowest BCUT2D eigenvalue weighted by atomic mass is 9.97. The SMILES string of the molecule is COc1ccc(CCN2CCC[C@@H](CN(C)Cc3nc4c(s3)CCCC4)C2)cc1. The van der Waals surface area contributed by atoms with E-state index in [0.29, 0.717) is 0 Å². The molecule has 0 spiro atoms. The molecular weight excluding hydrogens is 378 g/mol. The van der Waals surface area contributed by atoms with Crippen molar-refractivity contribution in [2.24, 2.45) is 5.92 Å². The molecule has 0 amide bonds. The molecule has 2 heterocycles. The number of aromatic nitrogens is 1. The molecule has 1 aromatic carbocycles. The normalized spacial score (nSPS) is 20.0. The first-order valence-electron chi connectivity index (χ1n) is 11.2. The number of thiazole rings is 1. The Labute approximate surface area is 179 Å². The van der Waals surface area contributed by atoms with Crippen LogP contribution in [-0.2, 0) is 25.8 Å². The molecule has 29 heavy (non-hydrogen) atoms. The number of ether oxygens (including phenoxy) is 1. The monoisotopic (exact) mass is 413 g/mol. The smallest absolute Gasteiger partial charge is 0.118 e. The van der Waals surface area contributed by atoms with Crippen molar-refractivity contribution in [3.05, 3.63) is 45.4 Å². The van der Waals surface area contributed by atoms with Crippen LogP contribution in [0.1, 0.15) is 46.8 Å². The predicted molar refractivity (Wildman–Crippen MR) is 121 cm³/mol. The van der Waals surface area contributed by atoms with Crippen molar-refractivity contribution in [2.45, 2.75) is 51.5 Å². The third-order valence-corrected chi connectivity index (χ3v) is 7.49. The number of nitrogens with zero attached hydrogens (tertiary/aromatic N) is 3. The quantitative estimate of drug-likeness (QED) is 0.641. The van der Waals surface area contributed by atoms with Crippen molar-refractivity contribution in [3.63, 3.8) is 0 Å². The van der Waals surface area contributed by atoms with Crippen molar-refractivity contribution in [2.75, 3.05) is 40.3 Å². The maximum atomic E-state index is 5.26. The molecule has 1 saturated heterocycles. The van der Waals surface area contributed by atoms with E-state index >= 15 is 0 Å². The summed E-state index contributed by atoms with van der Waals surface area (Å²) in [6, 6.07) is 8.53. The largest absolute Gasteiger partial charge is 0.497 e. The van der Waals surface area contributed by atoms with Crippen LogP contribution in [0.5, 0.6) is 5.75 Å². The number of methoxy groups -OCH3 is 1. The van der Waals surface area contributed by atoms with Crippen molar-refractivity contribution in [1.29, 1.82) is 0 Å². The van der Waals surface area contributed by atoms with Crippen LogP contribution < -0.4 is 4.74 Å². The van der Waals surface area contributed by atoms with Gasteiger partial charge in [0, 0.05) is 24.5 Å². The fourth-order valence-electron chi connectivity index (χ4n) is 4.79. The number of piperidine rings is 1. The molecule has 0 saturated carbocycles. The average molecular weight is 414 g/mol. The zero-order chi connectivity index (χ0) is 20.1. The van der Waals surface area contributed by atoms with Gasteiger partial charge in [-0.3, -0.25) is 4.90 Å². The van der Waals surface area contributed by atoms with E-state index in [0.717, 1.165) is 31.2 Å². The molecule has 158 valence electrons. The van der Waals surface area contributed by atoms with E-state index in [1.807, 2.05) is 11.3 Å². The first kappa shape index (κ1) is 20.8. The Hall–Kier alpha value is -1.43. The molecule has 2 aromatic rings. The second-order valence-electron chi connectivity index (χ2n) is 8.79. The Kier molecular flexibility index (Phi) is 7.22. The van der Waals surface area contributed by atoms with Gasteiger partial charge in [-0.1, -0.05) is 12.1 Å². The molecular formula is C24H35N3OS. The van der Waals surface area contributed by atoms with Gasteiger partial charge in [-0.05, 0) is 82.2 Å². The summed E-state index contributed by atoms with van der Waals surface area (Å²) in [4.78, 5) is 11.7. The molecule has 1 fully saturated rings. The number of rotatable bonds is 8. The Morgan fingerprint density at radius 1 is 1.17 bits per heavy atom. The minimum absolute atomic E-state index is 0.777. The van der Waals surface area contributed by atoms with Crippen LogP contribution in [-0.4, -0.2) is 55.1 Å².